The first-order valence-corrected chi connectivity index (χ1v) is 6.71. The summed E-state index contributed by atoms with van der Waals surface area (Å²) in [5.74, 6) is 0.727. The van der Waals surface area contributed by atoms with E-state index in [0.29, 0.717) is 19.7 Å². The summed E-state index contributed by atoms with van der Waals surface area (Å²) in [6, 6.07) is 10.1. The fourth-order valence-corrected chi connectivity index (χ4v) is 2.34. The monoisotopic (exact) mass is 274 g/mol. The van der Waals surface area contributed by atoms with Crippen molar-refractivity contribution in [3.05, 3.63) is 30.3 Å². The second-order valence-electron chi connectivity index (χ2n) is 4.92. The first-order valence-electron chi connectivity index (χ1n) is 6.71. The van der Waals surface area contributed by atoms with Crippen molar-refractivity contribution in [1.82, 2.24) is 20.2 Å². The molecule has 1 aliphatic heterocycles. The standard InChI is InChI=1S/C13H18N6O/c1-10-9-20-12(7-14)8-18(10)13-15-16-17-19(13)11-5-3-2-4-6-11/h2-6,10,12H,7-9,14H2,1H3. The van der Waals surface area contributed by atoms with Gasteiger partial charge >= 0.3 is 0 Å². The van der Waals surface area contributed by atoms with Gasteiger partial charge in [0.15, 0.2) is 0 Å². The van der Waals surface area contributed by atoms with Crippen LogP contribution in [0.3, 0.4) is 0 Å². The van der Waals surface area contributed by atoms with Gasteiger partial charge in [0.05, 0.1) is 24.4 Å². The van der Waals surface area contributed by atoms with Gasteiger partial charge in [-0.15, -0.1) is 0 Å². The van der Waals surface area contributed by atoms with Gasteiger partial charge < -0.3 is 15.4 Å². The van der Waals surface area contributed by atoms with Gasteiger partial charge in [0.2, 0.25) is 0 Å². The second-order valence-corrected chi connectivity index (χ2v) is 4.92. The van der Waals surface area contributed by atoms with Crippen LogP contribution in [0.4, 0.5) is 5.95 Å². The van der Waals surface area contributed by atoms with E-state index < -0.39 is 0 Å². The molecule has 20 heavy (non-hydrogen) atoms. The molecule has 0 bridgehead atoms. The van der Waals surface area contributed by atoms with Crippen LogP contribution in [0.25, 0.3) is 5.69 Å². The molecule has 0 spiro atoms. The number of aromatic nitrogens is 4. The molecule has 7 nitrogen and oxygen atoms in total. The Kier molecular flexibility index (Phi) is 3.62. The molecule has 2 N–H and O–H groups in total. The van der Waals surface area contributed by atoms with Gasteiger partial charge in [-0.3, -0.25) is 0 Å². The van der Waals surface area contributed by atoms with Crippen LogP contribution in [0.2, 0.25) is 0 Å². The van der Waals surface area contributed by atoms with Gasteiger partial charge in [0.1, 0.15) is 0 Å². The Morgan fingerprint density at radius 2 is 2.15 bits per heavy atom. The zero-order chi connectivity index (χ0) is 13.9. The van der Waals surface area contributed by atoms with Crippen LogP contribution in [0.5, 0.6) is 0 Å². The van der Waals surface area contributed by atoms with Crippen molar-refractivity contribution < 1.29 is 4.74 Å². The molecular formula is C13H18N6O. The van der Waals surface area contributed by atoms with Crippen LogP contribution < -0.4 is 10.6 Å². The third-order valence-corrected chi connectivity index (χ3v) is 3.48. The maximum atomic E-state index is 5.70. The Labute approximate surface area is 117 Å². The Balaban J connectivity index is 1.92. The number of nitrogens with two attached hydrogens (primary N) is 1. The summed E-state index contributed by atoms with van der Waals surface area (Å²) in [5, 5.41) is 12.1. The molecule has 1 aromatic heterocycles. The first kappa shape index (κ1) is 13.0. The molecule has 1 aromatic carbocycles. The lowest BCUT2D eigenvalue weighted by molar-refractivity contribution is 0.0275. The summed E-state index contributed by atoms with van der Waals surface area (Å²) < 4.78 is 7.41. The Bertz CT molecular complexity index is 557. The normalized spacial score (nSPS) is 23.0. The summed E-state index contributed by atoms with van der Waals surface area (Å²) in [5.41, 5.74) is 6.64. The predicted molar refractivity (Wildman–Crippen MR) is 74.8 cm³/mol. The largest absolute Gasteiger partial charge is 0.373 e. The number of hydrogen-bond donors (Lipinski definition) is 1. The number of nitrogens with zero attached hydrogens (tertiary/aromatic N) is 5. The molecule has 0 aliphatic carbocycles. The second kappa shape index (κ2) is 5.56. The van der Waals surface area contributed by atoms with Gasteiger partial charge in [-0.05, 0) is 29.5 Å². The molecule has 106 valence electrons. The minimum absolute atomic E-state index is 0.0205. The van der Waals surface area contributed by atoms with Crippen molar-refractivity contribution in [3.63, 3.8) is 0 Å². The number of tetrazole rings is 1. The highest BCUT2D eigenvalue weighted by atomic mass is 16.5. The zero-order valence-corrected chi connectivity index (χ0v) is 11.4. The average Bonchev–Trinajstić information content (AvgIpc) is 2.98. The smallest absolute Gasteiger partial charge is 0.250 e. The highest BCUT2D eigenvalue weighted by Crippen LogP contribution is 2.21. The molecule has 2 atom stereocenters. The van der Waals surface area contributed by atoms with Crippen molar-refractivity contribution in [1.29, 1.82) is 0 Å². The lowest BCUT2D eigenvalue weighted by atomic mass is 10.2. The number of hydrogen-bond acceptors (Lipinski definition) is 6. The van der Waals surface area contributed by atoms with Gasteiger partial charge in [0, 0.05) is 13.1 Å². The summed E-state index contributed by atoms with van der Waals surface area (Å²) in [7, 11) is 0. The Hall–Kier alpha value is -1.99. The van der Waals surface area contributed by atoms with Crippen molar-refractivity contribution in [3.8, 4) is 5.69 Å². The van der Waals surface area contributed by atoms with E-state index in [1.165, 1.54) is 0 Å². The van der Waals surface area contributed by atoms with E-state index in [2.05, 4.69) is 27.3 Å². The Morgan fingerprint density at radius 3 is 2.90 bits per heavy atom. The zero-order valence-electron chi connectivity index (χ0n) is 11.4. The number of benzene rings is 1. The SMILES string of the molecule is CC1COC(CN)CN1c1nnnn1-c1ccccc1. The molecule has 0 radical (unpaired) electrons. The third kappa shape index (κ3) is 2.37. The lowest BCUT2D eigenvalue weighted by Crippen LogP contribution is -2.51. The van der Waals surface area contributed by atoms with Gasteiger partial charge in [-0.1, -0.05) is 23.3 Å². The summed E-state index contributed by atoms with van der Waals surface area (Å²) in [6.07, 6.45) is 0.0205. The molecule has 2 unspecified atom stereocenters. The number of anilines is 1. The number of rotatable bonds is 3. The molecule has 0 saturated carbocycles. The van der Waals surface area contributed by atoms with E-state index >= 15 is 0 Å². The van der Waals surface area contributed by atoms with Crippen molar-refractivity contribution >= 4 is 5.95 Å². The number of para-hydroxylation sites is 1. The van der Waals surface area contributed by atoms with Crippen LogP contribution in [0.15, 0.2) is 30.3 Å². The van der Waals surface area contributed by atoms with Crippen molar-refractivity contribution in [2.45, 2.75) is 19.1 Å². The maximum absolute atomic E-state index is 5.70. The highest BCUT2D eigenvalue weighted by molar-refractivity contribution is 5.41. The van der Waals surface area contributed by atoms with Gasteiger partial charge in [-0.25, -0.2) is 0 Å². The van der Waals surface area contributed by atoms with Crippen LogP contribution in [0, 0.1) is 0 Å². The fourth-order valence-electron chi connectivity index (χ4n) is 2.34. The van der Waals surface area contributed by atoms with E-state index in [9.17, 15) is 0 Å². The van der Waals surface area contributed by atoms with E-state index in [0.717, 1.165) is 11.6 Å². The third-order valence-electron chi connectivity index (χ3n) is 3.48. The molecule has 7 heteroatoms. The molecule has 3 rings (SSSR count). The van der Waals surface area contributed by atoms with E-state index in [1.807, 2.05) is 30.3 Å². The number of ether oxygens (including phenoxy) is 1. The van der Waals surface area contributed by atoms with Crippen LogP contribution in [-0.2, 0) is 4.74 Å². The minimum Gasteiger partial charge on any atom is -0.373 e. The molecule has 1 saturated heterocycles. The van der Waals surface area contributed by atoms with Crippen molar-refractivity contribution in [2.75, 3.05) is 24.6 Å². The van der Waals surface area contributed by atoms with E-state index in [-0.39, 0.29) is 12.1 Å². The van der Waals surface area contributed by atoms with Gasteiger partial charge in [-0.2, -0.15) is 4.68 Å². The molecule has 0 amide bonds. The van der Waals surface area contributed by atoms with Gasteiger partial charge in [0.25, 0.3) is 5.95 Å². The van der Waals surface area contributed by atoms with Crippen molar-refractivity contribution in [2.24, 2.45) is 5.73 Å². The quantitative estimate of drug-likeness (QED) is 0.862. The van der Waals surface area contributed by atoms with Crippen LogP contribution in [0.1, 0.15) is 6.92 Å². The average molecular weight is 274 g/mol. The summed E-state index contributed by atoms with van der Waals surface area (Å²) >= 11 is 0. The number of morpholine rings is 1. The fraction of sp³-hybridized carbons (Fsp3) is 0.462. The summed E-state index contributed by atoms with van der Waals surface area (Å²) in [6.45, 7) is 3.92. The predicted octanol–water partition coefficient (Wildman–Crippen LogP) is 0.215. The molecule has 1 aliphatic rings. The minimum atomic E-state index is 0.0205. The molecule has 2 heterocycles. The summed E-state index contributed by atoms with van der Waals surface area (Å²) in [4.78, 5) is 2.15. The topological polar surface area (TPSA) is 82.1 Å². The maximum Gasteiger partial charge on any atom is 0.250 e. The molecule has 1 fully saturated rings. The first-order chi connectivity index (χ1) is 9.79. The lowest BCUT2D eigenvalue weighted by Gasteiger charge is -2.37. The Morgan fingerprint density at radius 1 is 1.35 bits per heavy atom. The molecular weight excluding hydrogens is 256 g/mol. The van der Waals surface area contributed by atoms with E-state index in [1.54, 1.807) is 4.68 Å². The van der Waals surface area contributed by atoms with E-state index in [4.69, 9.17) is 10.5 Å². The van der Waals surface area contributed by atoms with Crippen LogP contribution in [-0.4, -0.2) is 52.0 Å². The van der Waals surface area contributed by atoms with Crippen LogP contribution >= 0.6 is 0 Å². The molecule has 2 aromatic rings. The highest BCUT2D eigenvalue weighted by Gasteiger charge is 2.29.